The van der Waals surface area contributed by atoms with Crippen LogP contribution in [0.25, 0.3) is 0 Å². The van der Waals surface area contributed by atoms with Crippen LogP contribution < -0.4 is 5.32 Å². The Morgan fingerprint density at radius 3 is 3.18 bits per heavy atom. The van der Waals surface area contributed by atoms with Crippen molar-refractivity contribution in [1.29, 1.82) is 0 Å². The van der Waals surface area contributed by atoms with Crippen LogP contribution in [-0.4, -0.2) is 19.3 Å². The zero-order valence-corrected chi connectivity index (χ0v) is 10.1. The molecule has 1 fully saturated rings. The highest BCUT2D eigenvalue weighted by Gasteiger charge is 2.14. The number of hydrogen-bond donors (Lipinski definition) is 1. The summed E-state index contributed by atoms with van der Waals surface area (Å²) in [4.78, 5) is 0. The third-order valence-electron chi connectivity index (χ3n) is 3.09. The summed E-state index contributed by atoms with van der Waals surface area (Å²) in [5, 5.41) is 3.39. The Labute approximate surface area is 103 Å². The summed E-state index contributed by atoms with van der Waals surface area (Å²) in [5.74, 6) is 2.64. The first-order valence-corrected chi connectivity index (χ1v) is 6.30. The summed E-state index contributed by atoms with van der Waals surface area (Å²) < 4.78 is 5.59. The highest BCUT2D eigenvalue weighted by Crippen LogP contribution is 2.17. The van der Waals surface area contributed by atoms with E-state index in [9.17, 15) is 0 Å². The molecule has 1 aromatic rings. The summed E-state index contributed by atoms with van der Waals surface area (Å²) in [6.45, 7) is 1.93. The van der Waals surface area contributed by atoms with Crippen LogP contribution in [0, 0.1) is 12.3 Å². The zero-order valence-electron chi connectivity index (χ0n) is 10.1. The second kappa shape index (κ2) is 6.32. The van der Waals surface area contributed by atoms with Crippen LogP contribution in [0.1, 0.15) is 31.2 Å². The molecular formula is C15H19NO. The summed E-state index contributed by atoms with van der Waals surface area (Å²) in [5.41, 5.74) is 2.03. The second-order valence-electron chi connectivity index (χ2n) is 4.43. The first-order valence-electron chi connectivity index (χ1n) is 6.30. The van der Waals surface area contributed by atoms with E-state index in [0.29, 0.717) is 6.10 Å². The minimum Gasteiger partial charge on any atom is -0.385 e. The summed E-state index contributed by atoms with van der Waals surface area (Å²) in [6, 6.07) is 7.98. The maximum Gasteiger partial charge on any atom is 0.0576 e. The summed E-state index contributed by atoms with van der Waals surface area (Å²) >= 11 is 0. The highest BCUT2D eigenvalue weighted by molar-refractivity contribution is 5.49. The lowest BCUT2D eigenvalue weighted by atomic mass is 10.1. The molecule has 0 aromatic heterocycles. The molecule has 1 N–H and O–H groups in total. The van der Waals surface area contributed by atoms with Gasteiger partial charge in [0.1, 0.15) is 0 Å². The number of rotatable bonds is 5. The first-order chi connectivity index (χ1) is 8.38. The molecule has 1 unspecified atom stereocenters. The van der Waals surface area contributed by atoms with Crippen molar-refractivity contribution in [2.24, 2.45) is 0 Å². The minimum absolute atomic E-state index is 0.494. The molecule has 0 bridgehead atoms. The van der Waals surface area contributed by atoms with Crippen LogP contribution in [0.15, 0.2) is 24.3 Å². The lowest BCUT2D eigenvalue weighted by Crippen LogP contribution is -2.09. The monoisotopic (exact) mass is 229 g/mol. The number of anilines is 1. The Bertz CT molecular complexity index is 388. The van der Waals surface area contributed by atoms with Crippen LogP contribution in [0.4, 0.5) is 5.69 Å². The number of ether oxygens (including phenoxy) is 1. The largest absolute Gasteiger partial charge is 0.385 e. The lowest BCUT2D eigenvalue weighted by Gasteiger charge is -2.10. The second-order valence-corrected chi connectivity index (χ2v) is 4.43. The first kappa shape index (κ1) is 12.0. The normalized spacial score (nSPS) is 18.9. The molecule has 0 spiro atoms. The van der Waals surface area contributed by atoms with E-state index in [-0.39, 0.29) is 0 Å². The molecule has 1 aliphatic rings. The fourth-order valence-electron chi connectivity index (χ4n) is 2.15. The molecule has 17 heavy (non-hydrogen) atoms. The molecule has 1 aromatic carbocycles. The van der Waals surface area contributed by atoms with Crippen LogP contribution in [-0.2, 0) is 4.74 Å². The van der Waals surface area contributed by atoms with Gasteiger partial charge in [-0.1, -0.05) is 12.0 Å². The van der Waals surface area contributed by atoms with E-state index in [0.717, 1.165) is 37.2 Å². The molecule has 1 saturated heterocycles. The van der Waals surface area contributed by atoms with Crippen molar-refractivity contribution in [3.63, 3.8) is 0 Å². The molecule has 0 radical (unpaired) electrons. The van der Waals surface area contributed by atoms with Gasteiger partial charge >= 0.3 is 0 Å². The van der Waals surface area contributed by atoms with Gasteiger partial charge in [0.2, 0.25) is 0 Å². The molecule has 0 saturated carbocycles. The highest BCUT2D eigenvalue weighted by atomic mass is 16.5. The third kappa shape index (κ3) is 3.80. The van der Waals surface area contributed by atoms with Crippen molar-refractivity contribution in [1.82, 2.24) is 0 Å². The Balaban J connectivity index is 1.68. The molecule has 2 heteroatoms. The van der Waals surface area contributed by atoms with Gasteiger partial charge in [0.05, 0.1) is 6.10 Å². The topological polar surface area (TPSA) is 21.3 Å². The average Bonchev–Trinajstić information content (AvgIpc) is 2.88. The van der Waals surface area contributed by atoms with Gasteiger partial charge in [0, 0.05) is 24.4 Å². The Morgan fingerprint density at radius 2 is 2.41 bits per heavy atom. The van der Waals surface area contributed by atoms with Crippen molar-refractivity contribution in [3.05, 3.63) is 29.8 Å². The third-order valence-corrected chi connectivity index (χ3v) is 3.09. The SMILES string of the molecule is C#Cc1cccc(NCCCC2CCCO2)c1. The molecule has 90 valence electrons. The molecule has 1 atom stereocenters. The minimum atomic E-state index is 0.494. The smallest absolute Gasteiger partial charge is 0.0576 e. The van der Waals surface area contributed by atoms with E-state index in [1.807, 2.05) is 24.3 Å². The van der Waals surface area contributed by atoms with Gasteiger partial charge in [-0.25, -0.2) is 0 Å². The predicted molar refractivity (Wildman–Crippen MR) is 71.1 cm³/mol. The standard InChI is InChI=1S/C15H19NO/c1-2-13-6-3-7-14(12-13)16-10-4-8-15-9-5-11-17-15/h1,3,6-7,12,15-16H,4-5,8-11H2. The Morgan fingerprint density at radius 1 is 1.47 bits per heavy atom. The molecule has 1 aliphatic heterocycles. The summed E-state index contributed by atoms with van der Waals surface area (Å²) in [6.07, 6.45) is 10.6. The van der Waals surface area contributed by atoms with Gasteiger partial charge in [-0.2, -0.15) is 0 Å². The van der Waals surface area contributed by atoms with E-state index in [1.165, 1.54) is 12.8 Å². The molecule has 0 amide bonds. The lowest BCUT2D eigenvalue weighted by molar-refractivity contribution is 0.103. The molecule has 1 heterocycles. The fourth-order valence-corrected chi connectivity index (χ4v) is 2.15. The van der Waals surface area contributed by atoms with Crippen LogP contribution in [0.3, 0.4) is 0 Å². The number of benzene rings is 1. The Kier molecular flexibility index (Phi) is 4.46. The maximum atomic E-state index is 5.59. The maximum absolute atomic E-state index is 5.59. The predicted octanol–water partition coefficient (Wildman–Crippen LogP) is 3.04. The van der Waals surface area contributed by atoms with Gasteiger partial charge in [-0.05, 0) is 43.9 Å². The molecular weight excluding hydrogens is 210 g/mol. The fraction of sp³-hybridized carbons (Fsp3) is 0.467. The van der Waals surface area contributed by atoms with Crippen LogP contribution >= 0.6 is 0 Å². The van der Waals surface area contributed by atoms with Crippen LogP contribution in [0.5, 0.6) is 0 Å². The summed E-state index contributed by atoms with van der Waals surface area (Å²) in [7, 11) is 0. The molecule has 2 rings (SSSR count). The van der Waals surface area contributed by atoms with Crippen molar-refractivity contribution in [2.75, 3.05) is 18.5 Å². The van der Waals surface area contributed by atoms with Crippen molar-refractivity contribution < 1.29 is 4.74 Å². The van der Waals surface area contributed by atoms with Gasteiger partial charge in [0.25, 0.3) is 0 Å². The van der Waals surface area contributed by atoms with Crippen molar-refractivity contribution in [2.45, 2.75) is 31.8 Å². The average molecular weight is 229 g/mol. The number of hydrogen-bond acceptors (Lipinski definition) is 2. The molecule has 0 aliphatic carbocycles. The van der Waals surface area contributed by atoms with Gasteiger partial charge in [0.15, 0.2) is 0 Å². The van der Waals surface area contributed by atoms with E-state index in [4.69, 9.17) is 11.2 Å². The van der Waals surface area contributed by atoms with Crippen LogP contribution in [0.2, 0.25) is 0 Å². The van der Waals surface area contributed by atoms with E-state index in [2.05, 4.69) is 11.2 Å². The molecule has 2 nitrogen and oxygen atoms in total. The Hall–Kier alpha value is -1.46. The van der Waals surface area contributed by atoms with Gasteiger partial charge < -0.3 is 10.1 Å². The van der Waals surface area contributed by atoms with Crippen molar-refractivity contribution >= 4 is 5.69 Å². The van der Waals surface area contributed by atoms with E-state index >= 15 is 0 Å². The van der Waals surface area contributed by atoms with E-state index in [1.54, 1.807) is 0 Å². The number of nitrogens with one attached hydrogen (secondary N) is 1. The van der Waals surface area contributed by atoms with Gasteiger partial charge in [-0.3, -0.25) is 0 Å². The van der Waals surface area contributed by atoms with Gasteiger partial charge in [-0.15, -0.1) is 6.42 Å². The van der Waals surface area contributed by atoms with Crippen molar-refractivity contribution in [3.8, 4) is 12.3 Å². The number of terminal acetylenes is 1. The van der Waals surface area contributed by atoms with E-state index < -0.39 is 0 Å². The zero-order chi connectivity index (χ0) is 11.9. The quantitative estimate of drug-likeness (QED) is 0.619.